The van der Waals surface area contributed by atoms with Crippen molar-refractivity contribution >= 4 is 11.7 Å². The van der Waals surface area contributed by atoms with Crippen molar-refractivity contribution in [3.8, 4) is 0 Å². The van der Waals surface area contributed by atoms with Crippen molar-refractivity contribution in [3.05, 3.63) is 0 Å². The van der Waals surface area contributed by atoms with Gasteiger partial charge in [-0.2, -0.15) is 0 Å². The molecule has 0 spiro atoms. The fourth-order valence-corrected chi connectivity index (χ4v) is 2.17. The Morgan fingerprint density at radius 3 is 2.89 bits per heavy atom. The highest BCUT2D eigenvalue weighted by Gasteiger charge is 2.27. The maximum Gasteiger partial charge on any atom is 0.230 e. The number of oxime groups is 1. The van der Waals surface area contributed by atoms with Gasteiger partial charge in [0.05, 0.1) is 12.0 Å². The van der Waals surface area contributed by atoms with E-state index in [-0.39, 0.29) is 17.8 Å². The fourth-order valence-electron chi connectivity index (χ4n) is 2.17. The van der Waals surface area contributed by atoms with Crippen LogP contribution in [0.5, 0.6) is 0 Å². The van der Waals surface area contributed by atoms with E-state index in [2.05, 4.69) is 10.5 Å². The molecule has 1 fully saturated rings. The number of nitrogens with one attached hydrogen (secondary N) is 1. The molecule has 0 aliphatic carbocycles. The number of carbonyl (C=O) groups is 1. The third-order valence-corrected chi connectivity index (χ3v) is 3.44. The Morgan fingerprint density at radius 2 is 2.39 bits per heavy atom. The molecule has 104 valence electrons. The summed E-state index contributed by atoms with van der Waals surface area (Å²) in [5.74, 6) is -0.391. The Labute approximate surface area is 108 Å². The minimum atomic E-state index is -0.544. The lowest BCUT2D eigenvalue weighted by molar-refractivity contribution is -0.123. The Bertz CT molecular complexity index is 307. The van der Waals surface area contributed by atoms with E-state index in [1.807, 2.05) is 13.8 Å². The first-order valence-electron chi connectivity index (χ1n) is 6.46. The van der Waals surface area contributed by atoms with Gasteiger partial charge in [0.25, 0.3) is 0 Å². The molecule has 4 N–H and O–H groups in total. The van der Waals surface area contributed by atoms with Crippen LogP contribution >= 0.6 is 0 Å². The van der Waals surface area contributed by atoms with Gasteiger partial charge in [-0.3, -0.25) is 4.79 Å². The highest BCUT2D eigenvalue weighted by molar-refractivity contribution is 6.02. The average Bonchev–Trinajstić information content (AvgIpc) is 2.77. The summed E-state index contributed by atoms with van der Waals surface area (Å²) in [6.45, 7) is 5.30. The molecular formula is C12H23N3O3. The molecule has 18 heavy (non-hydrogen) atoms. The number of amides is 1. The van der Waals surface area contributed by atoms with Crippen LogP contribution in [0.25, 0.3) is 0 Å². The molecule has 6 nitrogen and oxygen atoms in total. The van der Waals surface area contributed by atoms with Gasteiger partial charge in [-0.05, 0) is 19.8 Å². The van der Waals surface area contributed by atoms with Crippen LogP contribution in [0.3, 0.4) is 0 Å². The summed E-state index contributed by atoms with van der Waals surface area (Å²) in [6, 6.07) is 0. The quantitative estimate of drug-likeness (QED) is 0.282. The van der Waals surface area contributed by atoms with E-state index >= 15 is 0 Å². The summed E-state index contributed by atoms with van der Waals surface area (Å²) < 4.78 is 5.43. The maximum atomic E-state index is 12.0. The zero-order chi connectivity index (χ0) is 13.5. The zero-order valence-corrected chi connectivity index (χ0v) is 11.1. The molecule has 1 aliphatic rings. The molecule has 3 unspecified atom stereocenters. The van der Waals surface area contributed by atoms with Crippen molar-refractivity contribution < 1.29 is 14.7 Å². The molecule has 0 aromatic heterocycles. The van der Waals surface area contributed by atoms with Gasteiger partial charge in [-0.25, -0.2) is 0 Å². The molecule has 1 saturated heterocycles. The Hall–Kier alpha value is -1.30. The van der Waals surface area contributed by atoms with Gasteiger partial charge in [0, 0.05) is 19.1 Å². The second kappa shape index (κ2) is 7.20. The molecule has 0 bridgehead atoms. The zero-order valence-electron chi connectivity index (χ0n) is 11.1. The van der Waals surface area contributed by atoms with Crippen molar-refractivity contribution in [2.75, 3.05) is 13.2 Å². The molecule has 0 radical (unpaired) electrons. The number of carbonyl (C=O) groups excluding carboxylic acids is 1. The second-order valence-electron chi connectivity index (χ2n) is 4.74. The third kappa shape index (κ3) is 3.87. The molecule has 3 atom stereocenters. The third-order valence-electron chi connectivity index (χ3n) is 3.44. The van der Waals surface area contributed by atoms with Gasteiger partial charge in [-0.1, -0.05) is 18.5 Å². The number of amidine groups is 1. The van der Waals surface area contributed by atoms with E-state index in [1.54, 1.807) is 0 Å². The Kier molecular flexibility index (Phi) is 5.91. The van der Waals surface area contributed by atoms with Crippen LogP contribution in [0.15, 0.2) is 5.16 Å². The lowest BCUT2D eigenvalue weighted by Crippen LogP contribution is -2.41. The van der Waals surface area contributed by atoms with Crippen molar-refractivity contribution in [2.24, 2.45) is 22.7 Å². The summed E-state index contributed by atoms with van der Waals surface area (Å²) in [7, 11) is 0. The first-order chi connectivity index (χ1) is 8.60. The minimum Gasteiger partial charge on any atom is -0.409 e. The van der Waals surface area contributed by atoms with Crippen LogP contribution in [0.4, 0.5) is 0 Å². The lowest BCUT2D eigenvalue weighted by atomic mass is 9.99. The van der Waals surface area contributed by atoms with E-state index < -0.39 is 5.92 Å². The van der Waals surface area contributed by atoms with E-state index in [9.17, 15) is 4.79 Å². The first-order valence-corrected chi connectivity index (χ1v) is 6.46. The molecule has 6 heteroatoms. The van der Waals surface area contributed by atoms with Gasteiger partial charge >= 0.3 is 0 Å². The normalized spacial score (nSPS) is 26.0. The van der Waals surface area contributed by atoms with Crippen LogP contribution in [0.1, 0.15) is 33.1 Å². The standard InChI is InChI=1S/C12H23N3O3/c1-3-4-10(11(13)15-17)12(16)14-7-9-5-6-18-8(9)2/h8-10,17H,3-7H2,1-2H3,(H2,13,15)(H,14,16). The molecule has 0 aromatic rings. The average molecular weight is 257 g/mol. The van der Waals surface area contributed by atoms with E-state index in [1.165, 1.54) is 0 Å². The second-order valence-corrected chi connectivity index (χ2v) is 4.74. The smallest absolute Gasteiger partial charge is 0.230 e. The maximum absolute atomic E-state index is 12.0. The summed E-state index contributed by atoms with van der Waals surface area (Å²) >= 11 is 0. The van der Waals surface area contributed by atoms with Crippen LogP contribution in [0, 0.1) is 11.8 Å². The SMILES string of the molecule is CCCC(C(=O)NCC1CCOC1C)C(N)=NO. The molecule has 1 amide bonds. The van der Waals surface area contributed by atoms with Gasteiger partial charge in [-0.15, -0.1) is 0 Å². The largest absolute Gasteiger partial charge is 0.409 e. The Morgan fingerprint density at radius 1 is 1.67 bits per heavy atom. The number of rotatable bonds is 6. The van der Waals surface area contributed by atoms with Crippen molar-refractivity contribution in [3.63, 3.8) is 0 Å². The predicted molar refractivity (Wildman–Crippen MR) is 68.3 cm³/mol. The Balaban J connectivity index is 2.46. The summed E-state index contributed by atoms with van der Waals surface area (Å²) in [6.07, 6.45) is 2.53. The summed E-state index contributed by atoms with van der Waals surface area (Å²) in [5, 5.41) is 14.5. The van der Waals surface area contributed by atoms with E-state index in [0.29, 0.717) is 18.9 Å². The predicted octanol–water partition coefficient (Wildman–Crippen LogP) is 0.690. The van der Waals surface area contributed by atoms with Crippen molar-refractivity contribution in [1.29, 1.82) is 0 Å². The molecule has 1 heterocycles. The number of ether oxygens (including phenoxy) is 1. The summed E-state index contributed by atoms with van der Waals surface area (Å²) in [4.78, 5) is 12.0. The molecule has 0 saturated carbocycles. The number of nitrogens with two attached hydrogens (primary N) is 1. The van der Waals surface area contributed by atoms with Crippen LogP contribution < -0.4 is 11.1 Å². The fraction of sp³-hybridized carbons (Fsp3) is 0.833. The van der Waals surface area contributed by atoms with E-state index in [0.717, 1.165) is 19.4 Å². The topological polar surface area (TPSA) is 96.9 Å². The van der Waals surface area contributed by atoms with Gasteiger partial charge < -0.3 is 21.0 Å². The number of nitrogens with zero attached hydrogens (tertiary/aromatic N) is 1. The monoisotopic (exact) mass is 257 g/mol. The van der Waals surface area contributed by atoms with Gasteiger partial charge in [0.15, 0.2) is 5.84 Å². The molecule has 0 aromatic carbocycles. The molecular weight excluding hydrogens is 234 g/mol. The van der Waals surface area contributed by atoms with Crippen LogP contribution in [-0.4, -0.2) is 36.2 Å². The summed E-state index contributed by atoms with van der Waals surface area (Å²) in [5.41, 5.74) is 5.53. The lowest BCUT2D eigenvalue weighted by Gasteiger charge is -2.18. The van der Waals surface area contributed by atoms with Crippen LogP contribution in [-0.2, 0) is 9.53 Å². The molecule has 1 aliphatic heterocycles. The molecule has 1 rings (SSSR count). The van der Waals surface area contributed by atoms with Gasteiger partial charge in [0.1, 0.15) is 0 Å². The first kappa shape index (κ1) is 14.8. The number of hydrogen-bond acceptors (Lipinski definition) is 4. The van der Waals surface area contributed by atoms with Crippen LogP contribution in [0.2, 0.25) is 0 Å². The minimum absolute atomic E-state index is 0.0231. The van der Waals surface area contributed by atoms with E-state index in [4.69, 9.17) is 15.7 Å². The van der Waals surface area contributed by atoms with Crippen molar-refractivity contribution in [2.45, 2.75) is 39.2 Å². The highest BCUT2D eigenvalue weighted by atomic mass is 16.5. The van der Waals surface area contributed by atoms with Crippen molar-refractivity contribution in [1.82, 2.24) is 5.32 Å². The number of hydrogen-bond donors (Lipinski definition) is 3. The highest BCUT2D eigenvalue weighted by Crippen LogP contribution is 2.19. The van der Waals surface area contributed by atoms with Gasteiger partial charge in [0.2, 0.25) is 5.91 Å².